The highest BCUT2D eigenvalue weighted by molar-refractivity contribution is 5.95. The summed E-state index contributed by atoms with van der Waals surface area (Å²) < 4.78 is 10.6. The fourth-order valence-electron chi connectivity index (χ4n) is 2.29. The van der Waals surface area contributed by atoms with E-state index >= 15 is 0 Å². The third kappa shape index (κ3) is 5.61. The lowest BCUT2D eigenvalue weighted by Gasteiger charge is -2.15. The first kappa shape index (κ1) is 18.5. The molecule has 1 atom stereocenters. The molecule has 2 amide bonds. The van der Waals surface area contributed by atoms with E-state index in [2.05, 4.69) is 10.6 Å². The summed E-state index contributed by atoms with van der Waals surface area (Å²) in [6.45, 7) is 2.35. The molecular weight excluding hydrogens is 320 g/mol. The molecule has 0 aliphatic carbocycles. The molecule has 0 saturated heterocycles. The predicted octanol–water partition coefficient (Wildman–Crippen LogP) is 2.53. The van der Waals surface area contributed by atoms with E-state index in [1.165, 1.54) is 7.11 Å². The van der Waals surface area contributed by atoms with Gasteiger partial charge in [0.15, 0.2) is 6.10 Å². The van der Waals surface area contributed by atoms with Crippen molar-refractivity contribution in [3.05, 3.63) is 60.2 Å². The topological polar surface area (TPSA) is 76.7 Å². The quantitative estimate of drug-likeness (QED) is 0.773. The van der Waals surface area contributed by atoms with Gasteiger partial charge in [-0.3, -0.25) is 9.59 Å². The Hall–Kier alpha value is -2.86. The van der Waals surface area contributed by atoms with Crippen molar-refractivity contribution < 1.29 is 19.1 Å². The fraction of sp³-hybridized carbons (Fsp3) is 0.263. The lowest BCUT2D eigenvalue weighted by molar-refractivity contribution is -0.132. The van der Waals surface area contributed by atoms with Crippen molar-refractivity contribution in [2.45, 2.75) is 13.0 Å². The Morgan fingerprint density at radius 1 is 1.04 bits per heavy atom. The van der Waals surface area contributed by atoms with Crippen molar-refractivity contribution in [1.29, 1.82) is 0 Å². The minimum atomic E-state index is -0.750. The largest absolute Gasteiger partial charge is 0.494 e. The maximum absolute atomic E-state index is 12.2. The first-order valence-electron chi connectivity index (χ1n) is 8.02. The molecule has 132 valence electrons. The molecule has 0 spiro atoms. The number of anilines is 1. The van der Waals surface area contributed by atoms with E-state index < -0.39 is 6.10 Å². The van der Waals surface area contributed by atoms with Crippen LogP contribution in [0, 0.1) is 0 Å². The monoisotopic (exact) mass is 342 g/mol. The van der Waals surface area contributed by atoms with E-state index in [1.807, 2.05) is 25.1 Å². The first-order valence-corrected chi connectivity index (χ1v) is 8.02. The average molecular weight is 342 g/mol. The molecule has 6 heteroatoms. The number of methoxy groups -OCH3 is 1. The summed E-state index contributed by atoms with van der Waals surface area (Å²) in [6.07, 6.45) is -0.750. The molecule has 2 aromatic rings. The van der Waals surface area contributed by atoms with Crippen molar-refractivity contribution >= 4 is 17.5 Å². The Morgan fingerprint density at radius 3 is 2.32 bits per heavy atom. The number of carbonyl (C=O) groups is 2. The van der Waals surface area contributed by atoms with Gasteiger partial charge in [0.25, 0.3) is 5.91 Å². The third-order valence-electron chi connectivity index (χ3n) is 3.45. The average Bonchev–Trinajstić information content (AvgIpc) is 2.63. The standard InChI is InChI=1S/C19H22N2O4/c1-3-25-16-11-9-15(10-12-16)21-17(22)13-20-19(23)18(24-2)14-7-5-4-6-8-14/h4-12,18H,3,13H2,1-2H3,(H,20,23)(H,21,22). The Labute approximate surface area is 147 Å². The zero-order valence-electron chi connectivity index (χ0n) is 14.3. The van der Waals surface area contributed by atoms with E-state index in [-0.39, 0.29) is 18.4 Å². The number of nitrogens with one attached hydrogen (secondary N) is 2. The summed E-state index contributed by atoms with van der Waals surface area (Å²) in [5.74, 6) is 0.0515. The summed E-state index contributed by atoms with van der Waals surface area (Å²) in [6, 6.07) is 16.1. The Kier molecular flexibility index (Phi) is 6.98. The molecule has 0 bridgehead atoms. The van der Waals surface area contributed by atoms with Gasteiger partial charge in [-0.15, -0.1) is 0 Å². The lowest BCUT2D eigenvalue weighted by atomic mass is 10.1. The molecule has 2 N–H and O–H groups in total. The molecule has 6 nitrogen and oxygen atoms in total. The first-order chi connectivity index (χ1) is 12.1. The number of carbonyl (C=O) groups excluding carboxylic acids is 2. The van der Waals surface area contributed by atoms with Crippen LogP contribution in [0.4, 0.5) is 5.69 Å². The van der Waals surface area contributed by atoms with Crippen LogP contribution in [0.15, 0.2) is 54.6 Å². The highest BCUT2D eigenvalue weighted by Crippen LogP contribution is 2.17. The lowest BCUT2D eigenvalue weighted by Crippen LogP contribution is -2.36. The van der Waals surface area contributed by atoms with Gasteiger partial charge in [-0.1, -0.05) is 30.3 Å². The minimum absolute atomic E-state index is 0.140. The second kappa shape index (κ2) is 9.44. The van der Waals surface area contributed by atoms with Crippen LogP contribution in [0.5, 0.6) is 5.75 Å². The summed E-state index contributed by atoms with van der Waals surface area (Å²) >= 11 is 0. The van der Waals surface area contributed by atoms with E-state index in [4.69, 9.17) is 9.47 Å². The number of hydrogen-bond donors (Lipinski definition) is 2. The number of ether oxygens (including phenoxy) is 2. The van der Waals surface area contributed by atoms with Crippen LogP contribution in [-0.2, 0) is 14.3 Å². The van der Waals surface area contributed by atoms with Crippen LogP contribution >= 0.6 is 0 Å². The molecule has 2 rings (SSSR count). The Morgan fingerprint density at radius 2 is 1.72 bits per heavy atom. The molecule has 0 aliphatic heterocycles. The van der Waals surface area contributed by atoms with Gasteiger partial charge < -0.3 is 20.1 Å². The van der Waals surface area contributed by atoms with Gasteiger partial charge in [0.2, 0.25) is 5.91 Å². The smallest absolute Gasteiger partial charge is 0.254 e. The molecule has 2 aromatic carbocycles. The van der Waals surface area contributed by atoms with E-state index in [1.54, 1.807) is 36.4 Å². The van der Waals surface area contributed by atoms with Crippen LogP contribution in [0.2, 0.25) is 0 Å². The van der Waals surface area contributed by atoms with Gasteiger partial charge in [0.1, 0.15) is 5.75 Å². The minimum Gasteiger partial charge on any atom is -0.494 e. The van der Waals surface area contributed by atoms with Crippen molar-refractivity contribution in [1.82, 2.24) is 5.32 Å². The molecule has 0 saturated carbocycles. The zero-order valence-corrected chi connectivity index (χ0v) is 14.3. The maximum atomic E-state index is 12.2. The Balaban J connectivity index is 1.85. The van der Waals surface area contributed by atoms with E-state index in [9.17, 15) is 9.59 Å². The second-order valence-electron chi connectivity index (χ2n) is 5.25. The maximum Gasteiger partial charge on any atom is 0.254 e. The highest BCUT2D eigenvalue weighted by Gasteiger charge is 2.20. The molecule has 0 aromatic heterocycles. The third-order valence-corrected chi connectivity index (χ3v) is 3.45. The van der Waals surface area contributed by atoms with Crippen molar-refractivity contribution in [2.75, 3.05) is 25.6 Å². The number of benzene rings is 2. The van der Waals surface area contributed by atoms with E-state index in [0.29, 0.717) is 12.3 Å². The van der Waals surface area contributed by atoms with Gasteiger partial charge in [0.05, 0.1) is 13.2 Å². The van der Waals surface area contributed by atoms with Gasteiger partial charge in [0, 0.05) is 12.8 Å². The van der Waals surface area contributed by atoms with Crippen LogP contribution in [0.1, 0.15) is 18.6 Å². The molecule has 0 aliphatic rings. The van der Waals surface area contributed by atoms with Crippen LogP contribution < -0.4 is 15.4 Å². The SMILES string of the molecule is CCOc1ccc(NC(=O)CNC(=O)C(OC)c2ccccc2)cc1. The van der Waals surface area contributed by atoms with Crippen molar-refractivity contribution in [3.63, 3.8) is 0 Å². The van der Waals surface area contributed by atoms with Gasteiger partial charge in [-0.2, -0.15) is 0 Å². The Bertz CT molecular complexity index is 686. The summed E-state index contributed by atoms with van der Waals surface area (Å²) in [5, 5.41) is 5.30. The van der Waals surface area contributed by atoms with Crippen LogP contribution in [-0.4, -0.2) is 32.1 Å². The van der Waals surface area contributed by atoms with Gasteiger partial charge in [-0.25, -0.2) is 0 Å². The van der Waals surface area contributed by atoms with Crippen molar-refractivity contribution in [3.8, 4) is 5.75 Å². The molecule has 1 unspecified atom stereocenters. The van der Waals surface area contributed by atoms with Gasteiger partial charge in [-0.05, 0) is 36.8 Å². The normalized spacial score (nSPS) is 11.4. The van der Waals surface area contributed by atoms with Crippen LogP contribution in [0.25, 0.3) is 0 Å². The van der Waals surface area contributed by atoms with Crippen LogP contribution in [0.3, 0.4) is 0 Å². The molecule has 0 radical (unpaired) electrons. The van der Waals surface area contributed by atoms with E-state index in [0.717, 1.165) is 11.3 Å². The van der Waals surface area contributed by atoms with Gasteiger partial charge >= 0.3 is 0 Å². The predicted molar refractivity (Wildman–Crippen MR) is 95.4 cm³/mol. The molecule has 0 fully saturated rings. The molecule has 25 heavy (non-hydrogen) atoms. The summed E-state index contributed by atoms with van der Waals surface area (Å²) in [4.78, 5) is 24.2. The van der Waals surface area contributed by atoms with Crippen molar-refractivity contribution in [2.24, 2.45) is 0 Å². The fourth-order valence-corrected chi connectivity index (χ4v) is 2.29. The number of amides is 2. The summed E-state index contributed by atoms with van der Waals surface area (Å²) in [5.41, 5.74) is 1.36. The molecule has 0 heterocycles. The molecular formula is C19H22N2O4. The zero-order chi connectivity index (χ0) is 18.1. The summed E-state index contributed by atoms with van der Waals surface area (Å²) in [7, 11) is 1.46. The highest BCUT2D eigenvalue weighted by atomic mass is 16.5. The number of rotatable bonds is 8. The number of hydrogen-bond acceptors (Lipinski definition) is 4. The second-order valence-corrected chi connectivity index (χ2v) is 5.25.